The van der Waals surface area contributed by atoms with Crippen molar-refractivity contribution in [3.8, 4) is 0 Å². The largest absolute Gasteiger partial charge is 0.352 e. The molecular formula is C28H37F2N3O4S. The molecule has 2 amide bonds. The molecular weight excluding hydrogens is 512 g/mol. The van der Waals surface area contributed by atoms with Crippen molar-refractivity contribution in [1.82, 2.24) is 10.2 Å². The lowest BCUT2D eigenvalue weighted by Crippen LogP contribution is -2.50. The number of sulfonamides is 1. The summed E-state index contributed by atoms with van der Waals surface area (Å²) >= 11 is 0. The lowest BCUT2D eigenvalue weighted by Gasteiger charge is -2.31. The number of halogens is 2. The summed E-state index contributed by atoms with van der Waals surface area (Å²) in [6.07, 6.45) is 6.23. The molecule has 2 aromatic carbocycles. The number of hydrogen-bond donors (Lipinski definition) is 1. The maximum Gasteiger partial charge on any atom is 0.242 e. The van der Waals surface area contributed by atoms with Crippen LogP contribution >= 0.6 is 0 Å². The molecule has 2 aromatic rings. The Kier molecular flexibility index (Phi) is 10.2. The third-order valence-electron chi connectivity index (χ3n) is 6.90. The molecule has 1 atom stereocenters. The summed E-state index contributed by atoms with van der Waals surface area (Å²) in [6, 6.07) is 9.95. The summed E-state index contributed by atoms with van der Waals surface area (Å²) < 4.78 is 52.8. The van der Waals surface area contributed by atoms with Crippen LogP contribution in [-0.2, 0) is 26.2 Å². The van der Waals surface area contributed by atoms with Gasteiger partial charge in [0.15, 0.2) is 11.6 Å². The van der Waals surface area contributed by atoms with Gasteiger partial charge in [-0.1, -0.05) is 49.1 Å². The fourth-order valence-corrected chi connectivity index (χ4v) is 5.76. The number of nitrogens with zero attached hydrogens (tertiary/aromatic N) is 2. The zero-order valence-corrected chi connectivity index (χ0v) is 23.1. The Bertz CT molecular complexity index is 1230. The van der Waals surface area contributed by atoms with Crippen LogP contribution in [0.3, 0.4) is 0 Å². The van der Waals surface area contributed by atoms with Crippen LogP contribution in [0.15, 0.2) is 42.5 Å². The number of nitrogens with one attached hydrogen (secondary N) is 1. The molecule has 0 aliphatic heterocycles. The highest BCUT2D eigenvalue weighted by molar-refractivity contribution is 7.92. The van der Waals surface area contributed by atoms with E-state index in [-0.39, 0.29) is 49.5 Å². The topological polar surface area (TPSA) is 86.8 Å². The second-order valence-electron chi connectivity index (χ2n) is 10.1. The third-order valence-corrected chi connectivity index (χ3v) is 8.09. The van der Waals surface area contributed by atoms with Crippen molar-refractivity contribution in [2.45, 2.75) is 77.4 Å². The molecule has 1 aliphatic carbocycles. The van der Waals surface area contributed by atoms with Crippen LogP contribution in [0, 0.1) is 18.6 Å². The number of carbonyl (C=O) groups excluding carboxylic acids is 2. The van der Waals surface area contributed by atoms with Gasteiger partial charge in [-0.25, -0.2) is 17.2 Å². The maximum absolute atomic E-state index is 13.8. The van der Waals surface area contributed by atoms with E-state index in [9.17, 15) is 26.8 Å². The molecule has 1 aliphatic rings. The van der Waals surface area contributed by atoms with E-state index in [1.165, 1.54) is 11.0 Å². The molecule has 1 fully saturated rings. The van der Waals surface area contributed by atoms with Gasteiger partial charge in [0, 0.05) is 31.6 Å². The molecule has 7 nitrogen and oxygen atoms in total. The second kappa shape index (κ2) is 13.2. The molecule has 0 spiro atoms. The Balaban J connectivity index is 1.72. The zero-order chi connectivity index (χ0) is 27.9. The van der Waals surface area contributed by atoms with E-state index in [0.717, 1.165) is 65.9 Å². The summed E-state index contributed by atoms with van der Waals surface area (Å²) in [7, 11) is -3.81. The Labute approximate surface area is 224 Å². The van der Waals surface area contributed by atoms with E-state index in [4.69, 9.17) is 0 Å². The number of anilines is 1. The van der Waals surface area contributed by atoms with Crippen LogP contribution in [0.1, 0.15) is 63.0 Å². The van der Waals surface area contributed by atoms with Crippen molar-refractivity contribution < 1.29 is 26.8 Å². The molecule has 208 valence electrons. The van der Waals surface area contributed by atoms with Gasteiger partial charge in [0.2, 0.25) is 21.8 Å². The van der Waals surface area contributed by atoms with Crippen molar-refractivity contribution in [2.24, 2.45) is 0 Å². The minimum Gasteiger partial charge on any atom is -0.352 e. The van der Waals surface area contributed by atoms with E-state index >= 15 is 0 Å². The molecule has 1 N–H and O–H groups in total. The van der Waals surface area contributed by atoms with Gasteiger partial charge in [-0.2, -0.15) is 0 Å². The maximum atomic E-state index is 13.8. The zero-order valence-electron chi connectivity index (χ0n) is 22.3. The molecule has 0 unspecified atom stereocenters. The minimum absolute atomic E-state index is 0.0179. The predicted octanol–water partition coefficient (Wildman–Crippen LogP) is 4.69. The van der Waals surface area contributed by atoms with Crippen molar-refractivity contribution in [1.29, 1.82) is 0 Å². The summed E-state index contributed by atoms with van der Waals surface area (Å²) in [6.45, 7) is 3.79. The van der Waals surface area contributed by atoms with Crippen LogP contribution in [-0.4, -0.2) is 50.0 Å². The number of hydrogen-bond acceptors (Lipinski definition) is 4. The lowest BCUT2D eigenvalue weighted by molar-refractivity contribution is -0.141. The second-order valence-corrected chi connectivity index (χ2v) is 12.0. The first-order valence-electron chi connectivity index (χ1n) is 13.0. The molecule has 0 aromatic heterocycles. The standard InChI is InChI=1S/C28H37F2N3O4S/c1-20-9-7-10-22(17-20)19-32(21(2)28(35)31-23-11-5-4-6-12-23)27(34)13-8-16-33(38(3,36)37)24-14-15-25(29)26(30)18-24/h7,9-10,14-15,17-18,21,23H,4-6,8,11-13,16,19H2,1-3H3,(H,31,35)/t21-/m1/s1. The first-order chi connectivity index (χ1) is 18.0. The quantitative estimate of drug-likeness (QED) is 0.441. The fraction of sp³-hybridized carbons (Fsp3) is 0.500. The summed E-state index contributed by atoms with van der Waals surface area (Å²) in [4.78, 5) is 28.0. The summed E-state index contributed by atoms with van der Waals surface area (Å²) in [5.41, 5.74) is 1.90. The van der Waals surface area contributed by atoms with E-state index < -0.39 is 27.7 Å². The van der Waals surface area contributed by atoms with Crippen LogP contribution in [0.2, 0.25) is 0 Å². The average molecular weight is 550 g/mol. The minimum atomic E-state index is -3.81. The number of rotatable bonds is 11. The molecule has 1 saturated carbocycles. The highest BCUT2D eigenvalue weighted by Crippen LogP contribution is 2.22. The molecule has 0 heterocycles. The van der Waals surface area contributed by atoms with E-state index in [1.54, 1.807) is 6.92 Å². The van der Waals surface area contributed by atoms with Gasteiger partial charge in [-0.3, -0.25) is 13.9 Å². The van der Waals surface area contributed by atoms with Gasteiger partial charge in [-0.15, -0.1) is 0 Å². The van der Waals surface area contributed by atoms with Gasteiger partial charge >= 0.3 is 0 Å². The summed E-state index contributed by atoms with van der Waals surface area (Å²) in [5.74, 6) is -2.74. The number of amides is 2. The predicted molar refractivity (Wildman–Crippen MR) is 144 cm³/mol. The number of benzene rings is 2. The molecule has 0 saturated heterocycles. The van der Waals surface area contributed by atoms with Gasteiger partial charge in [0.25, 0.3) is 0 Å². The lowest BCUT2D eigenvalue weighted by atomic mass is 9.95. The third kappa shape index (κ3) is 8.24. The number of carbonyl (C=O) groups is 2. The van der Waals surface area contributed by atoms with Crippen molar-refractivity contribution in [3.05, 3.63) is 65.2 Å². The van der Waals surface area contributed by atoms with Crippen LogP contribution < -0.4 is 9.62 Å². The highest BCUT2D eigenvalue weighted by atomic mass is 32.2. The van der Waals surface area contributed by atoms with Gasteiger partial charge < -0.3 is 10.2 Å². The fourth-order valence-electron chi connectivity index (χ4n) is 4.80. The van der Waals surface area contributed by atoms with E-state index in [2.05, 4.69) is 5.32 Å². The molecule has 0 bridgehead atoms. The SMILES string of the molecule is Cc1cccc(CN(C(=O)CCCN(c2ccc(F)c(F)c2)S(C)(=O)=O)[C@H](C)C(=O)NC2CCCCC2)c1. The van der Waals surface area contributed by atoms with Crippen molar-refractivity contribution >= 4 is 27.5 Å². The average Bonchev–Trinajstić information content (AvgIpc) is 2.86. The number of aryl methyl sites for hydroxylation is 1. The van der Waals surface area contributed by atoms with Crippen molar-refractivity contribution in [3.63, 3.8) is 0 Å². The molecule has 10 heteroatoms. The monoisotopic (exact) mass is 549 g/mol. The van der Waals surface area contributed by atoms with Gasteiger partial charge in [-0.05, 0) is 50.8 Å². The summed E-state index contributed by atoms with van der Waals surface area (Å²) in [5, 5.41) is 3.09. The van der Waals surface area contributed by atoms with Gasteiger partial charge in [0.1, 0.15) is 6.04 Å². The normalized spacial score (nSPS) is 15.1. The molecule has 3 rings (SSSR count). The first kappa shape index (κ1) is 29.5. The Hall–Kier alpha value is -3.01. The van der Waals surface area contributed by atoms with E-state index in [1.807, 2.05) is 31.2 Å². The Morgan fingerprint density at radius 2 is 1.76 bits per heavy atom. The first-order valence-corrected chi connectivity index (χ1v) is 14.9. The van der Waals surface area contributed by atoms with E-state index in [0.29, 0.717) is 0 Å². The molecule has 38 heavy (non-hydrogen) atoms. The van der Waals surface area contributed by atoms with Crippen LogP contribution in [0.25, 0.3) is 0 Å². The van der Waals surface area contributed by atoms with Crippen LogP contribution in [0.4, 0.5) is 14.5 Å². The van der Waals surface area contributed by atoms with Crippen molar-refractivity contribution in [2.75, 3.05) is 17.1 Å². The Morgan fingerprint density at radius 1 is 1.05 bits per heavy atom. The smallest absolute Gasteiger partial charge is 0.242 e. The molecule has 0 radical (unpaired) electrons. The Morgan fingerprint density at radius 3 is 2.39 bits per heavy atom. The highest BCUT2D eigenvalue weighted by Gasteiger charge is 2.28. The van der Waals surface area contributed by atoms with Gasteiger partial charge in [0.05, 0.1) is 11.9 Å². The van der Waals surface area contributed by atoms with Crippen LogP contribution in [0.5, 0.6) is 0 Å².